The third kappa shape index (κ3) is 3.39. The largest absolute Gasteiger partial charge is 0.462 e. The van der Waals surface area contributed by atoms with E-state index in [1.165, 1.54) is 11.3 Å². The number of H-pyrrole nitrogens is 1. The fraction of sp³-hybridized carbons (Fsp3) is 0.200. The lowest BCUT2D eigenvalue weighted by molar-refractivity contribution is 0.0526. The number of thiophene rings is 1. The molecular formula is C20H15Cl2N3O3S. The number of esters is 1. The van der Waals surface area contributed by atoms with Gasteiger partial charge >= 0.3 is 5.97 Å². The number of aromatic amines is 1. The van der Waals surface area contributed by atoms with Gasteiger partial charge in [0, 0.05) is 16.0 Å². The molecule has 0 radical (unpaired) electrons. The second-order valence-electron chi connectivity index (χ2n) is 6.28. The maximum Gasteiger partial charge on any atom is 0.340 e. The Bertz CT molecular complexity index is 1310. The van der Waals surface area contributed by atoms with Crippen molar-refractivity contribution < 1.29 is 9.53 Å². The van der Waals surface area contributed by atoms with Gasteiger partial charge in [-0.25, -0.2) is 14.8 Å². The Morgan fingerprint density at radius 1 is 1.24 bits per heavy atom. The second-order valence-corrected chi connectivity index (χ2v) is 7.98. The zero-order valence-electron chi connectivity index (χ0n) is 15.5. The van der Waals surface area contributed by atoms with Gasteiger partial charge in [-0.1, -0.05) is 23.7 Å². The number of halogens is 2. The van der Waals surface area contributed by atoms with E-state index in [9.17, 15) is 9.59 Å². The van der Waals surface area contributed by atoms with Crippen molar-refractivity contribution in [2.75, 3.05) is 6.61 Å². The van der Waals surface area contributed by atoms with Crippen molar-refractivity contribution >= 4 is 60.9 Å². The van der Waals surface area contributed by atoms with Gasteiger partial charge in [0.15, 0.2) is 0 Å². The molecule has 3 aromatic heterocycles. The molecule has 0 aliphatic heterocycles. The average Bonchev–Trinajstić information content (AvgIpc) is 3.06. The van der Waals surface area contributed by atoms with E-state index in [0.29, 0.717) is 48.1 Å². The fourth-order valence-electron chi connectivity index (χ4n) is 3.26. The van der Waals surface area contributed by atoms with E-state index in [0.717, 1.165) is 5.56 Å². The predicted octanol–water partition coefficient (Wildman–Crippen LogP) is 5.08. The van der Waals surface area contributed by atoms with Gasteiger partial charge in [-0.2, -0.15) is 0 Å². The molecule has 4 rings (SSSR count). The van der Waals surface area contributed by atoms with Crippen LogP contribution in [-0.2, 0) is 10.6 Å². The topological polar surface area (TPSA) is 84.9 Å². The number of hydrogen-bond acceptors (Lipinski definition) is 6. The van der Waals surface area contributed by atoms with Crippen LogP contribution in [0.25, 0.3) is 31.6 Å². The molecule has 0 aliphatic rings. The SMILES string of the molecule is CCOC(=O)c1c(C)nc2sc3c(=O)[nH]c(CCl)nc3c2c1-c1ccc(Cl)cc1. The van der Waals surface area contributed by atoms with Crippen LogP contribution in [0.3, 0.4) is 0 Å². The normalized spacial score (nSPS) is 11.3. The van der Waals surface area contributed by atoms with Gasteiger partial charge < -0.3 is 9.72 Å². The van der Waals surface area contributed by atoms with Gasteiger partial charge in [0.2, 0.25) is 0 Å². The van der Waals surface area contributed by atoms with Crippen LogP contribution >= 0.6 is 34.5 Å². The Hall–Kier alpha value is -2.48. The van der Waals surface area contributed by atoms with Crippen LogP contribution in [0, 0.1) is 6.92 Å². The van der Waals surface area contributed by atoms with Gasteiger partial charge in [-0.05, 0) is 31.5 Å². The molecule has 9 heteroatoms. The van der Waals surface area contributed by atoms with Gasteiger partial charge in [-0.3, -0.25) is 4.79 Å². The number of carbonyl (C=O) groups is 1. The van der Waals surface area contributed by atoms with Crippen LogP contribution in [-0.4, -0.2) is 27.5 Å². The highest BCUT2D eigenvalue weighted by Crippen LogP contribution is 2.40. The molecule has 0 atom stereocenters. The lowest BCUT2D eigenvalue weighted by atomic mass is 9.95. The number of fused-ring (bicyclic) bond motifs is 3. The Balaban J connectivity index is 2.21. The van der Waals surface area contributed by atoms with Crippen LogP contribution in [0.15, 0.2) is 29.1 Å². The Morgan fingerprint density at radius 3 is 2.62 bits per heavy atom. The van der Waals surface area contributed by atoms with E-state index in [4.69, 9.17) is 27.9 Å². The van der Waals surface area contributed by atoms with Gasteiger partial charge in [0.1, 0.15) is 15.4 Å². The Morgan fingerprint density at radius 2 is 1.97 bits per heavy atom. The summed E-state index contributed by atoms with van der Waals surface area (Å²) in [6, 6.07) is 7.12. The standard InChI is InChI=1S/C20H15Cl2N3O3S/c1-3-28-20(27)13-9(2)23-19-15(14(13)10-4-6-11(22)7-5-10)16-17(29-19)18(26)25-12(8-21)24-16/h4-7H,3,8H2,1-2H3,(H,24,25,26). The van der Waals surface area contributed by atoms with Crippen LogP contribution in [0.5, 0.6) is 0 Å². The predicted molar refractivity (Wildman–Crippen MR) is 116 cm³/mol. The van der Waals surface area contributed by atoms with Crippen molar-refractivity contribution in [3.63, 3.8) is 0 Å². The summed E-state index contributed by atoms with van der Waals surface area (Å²) >= 11 is 13.2. The number of aryl methyl sites for hydroxylation is 1. The van der Waals surface area contributed by atoms with E-state index in [-0.39, 0.29) is 18.0 Å². The smallest absolute Gasteiger partial charge is 0.340 e. The highest BCUT2D eigenvalue weighted by Gasteiger charge is 2.25. The van der Waals surface area contributed by atoms with E-state index < -0.39 is 5.97 Å². The number of pyridine rings is 1. The highest BCUT2D eigenvalue weighted by atomic mass is 35.5. The third-order valence-corrected chi connectivity index (χ3v) is 6.02. The summed E-state index contributed by atoms with van der Waals surface area (Å²) in [6.45, 7) is 3.72. The first kappa shape index (κ1) is 19.8. The number of carbonyl (C=O) groups excluding carboxylic acids is 1. The maximum absolute atomic E-state index is 12.8. The van der Waals surface area contributed by atoms with Gasteiger partial charge in [-0.15, -0.1) is 22.9 Å². The molecule has 1 aromatic carbocycles. The zero-order chi connectivity index (χ0) is 20.7. The number of ether oxygens (including phenoxy) is 1. The number of benzene rings is 1. The number of nitrogens with zero attached hydrogens (tertiary/aromatic N) is 2. The molecule has 0 unspecified atom stereocenters. The van der Waals surface area contributed by atoms with Crippen LogP contribution in [0.2, 0.25) is 5.02 Å². The Labute approximate surface area is 179 Å². The van der Waals surface area contributed by atoms with Crippen LogP contribution < -0.4 is 5.56 Å². The van der Waals surface area contributed by atoms with Crippen molar-refractivity contribution in [1.82, 2.24) is 15.0 Å². The lowest BCUT2D eigenvalue weighted by Gasteiger charge is -2.13. The first-order valence-electron chi connectivity index (χ1n) is 8.79. The van der Waals surface area contributed by atoms with Crippen LogP contribution in [0.4, 0.5) is 0 Å². The molecule has 1 N–H and O–H groups in total. The number of hydrogen-bond donors (Lipinski definition) is 1. The molecule has 148 valence electrons. The molecule has 3 heterocycles. The summed E-state index contributed by atoms with van der Waals surface area (Å²) in [5.41, 5.74) is 2.41. The summed E-state index contributed by atoms with van der Waals surface area (Å²) < 4.78 is 5.72. The molecule has 0 saturated carbocycles. The number of aromatic nitrogens is 3. The molecule has 29 heavy (non-hydrogen) atoms. The summed E-state index contributed by atoms with van der Waals surface area (Å²) in [7, 11) is 0. The van der Waals surface area contributed by atoms with Gasteiger partial charge in [0.25, 0.3) is 5.56 Å². The molecule has 0 saturated heterocycles. The molecule has 0 spiro atoms. The molecule has 0 amide bonds. The minimum absolute atomic E-state index is 0.0584. The van der Waals surface area contributed by atoms with Crippen molar-refractivity contribution in [3.05, 3.63) is 56.7 Å². The van der Waals surface area contributed by atoms with E-state index in [1.54, 1.807) is 26.0 Å². The summed E-state index contributed by atoms with van der Waals surface area (Å²) in [5, 5.41) is 1.20. The summed E-state index contributed by atoms with van der Waals surface area (Å²) in [5.74, 6) is -0.0710. The summed E-state index contributed by atoms with van der Waals surface area (Å²) in [6.07, 6.45) is 0. The van der Waals surface area contributed by atoms with E-state index >= 15 is 0 Å². The first-order valence-corrected chi connectivity index (χ1v) is 10.5. The average molecular weight is 448 g/mol. The molecule has 0 aliphatic carbocycles. The van der Waals surface area contributed by atoms with Crippen molar-refractivity contribution in [3.8, 4) is 11.1 Å². The summed E-state index contributed by atoms with van der Waals surface area (Å²) in [4.78, 5) is 37.8. The molecule has 4 aromatic rings. The van der Waals surface area contributed by atoms with Crippen molar-refractivity contribution in [2.24, 2.45) is 0 Å². The Kier molecular flexibility index (Phi) is 5.29. The van der Waals surface area contributed by atoms with Gasteiger partial charge in [0.05, 0.1) is 29.3 Å². The number of alkyl halides is 1. The quantitative estimate of drug-likeness (QED) is 0.348. The van der Waals surface area contributed by atoms with Crippen LogP contribution in [0.1, 0.15) is 28.8 Å². The molecular weight excluding hydrogens is 433 g/mol. The number of nitrogens with one attached hydrogen (secondary N) is 1. The molecule has 0 bridgehead atoms. The van der Waals surface area contributed by atoms with Crippen molar-refractivity contribution in [1.29, 1.82) is 0 Å². The third-order valence-electron chi connectivity index (χ3n) is 4.45. The minimum Gasteiger partial charge on any atom is -0.462 e. The minimum atomic E-state index is -0.480. The zero-order valence-corrected chi connectivity index (χ0v) is 17.8. The molecule has 6 nitrogen and oxygen atoms in total. The molecule has 0 fully saturated rings. The lowest BCUT2D eigenvalue weighted by Crippen LogP contribution is -2.11. The van der Waals surface area contributed by atoms with E-state index in [2.05, 4.69) is 15.0 Å². The van der Waals surface area contributed by atoms with Crippen molar-refractivity contribution in [2.45, 2.75) is 19.7 Å². The van der Waals surface area contributed by atoms with E-state index in [1.807, 2.05) is 12.1 Å². The fourth-order valence-corrected chi connectivity index (χ4v) is 4.58. The first-order chi connectivity index (χ1) is 13.9. The second kappa shape index (κ2) is 7.74. The monoisotopic (exact) mass is 447 g/mol. The number of rotatable bonds is 4. The highest BCUT2D eigenvalue weighted by molar-refractivity contribution is 7.25. The maximum atomic E-state index is 12.8.